The van der Waals surface area contributed by atoms with Gasteiger partial charge in [0.1, 0.15) is 34.7 Å². The van der Waals surface area contributed by atoms with Crippen LogP contribution in [0.2, 0.25) is 0 Å². The highest BCUT2D eigenvalue weighted by Gasteiger charge is 2.39. The zero-order valence-corrected chi connectivity index (χ0v) is 18.3. The highest BCUT2D eigenvalue weighted by atomic mass is 19.4. The normalized spacial score (nSPS) is 14.6. The molecule has 1 aliphatic carbocycles. The number of rotatable bonds is 6. The summed E-state index contributed by atoms with van der Waals surface area (Å²) >= 11 is 0. The third-order valence-corrected chi connectivity index (χ3v) is 5.36. The first-order chi connectivity index (χ1) is 16.4. The summed E-state index contributed by atoms with van der Waals surface area (Å²) in [5.74, 6) is -4.92. The van der Waals surface area contributed by atoms with E-state index in [0.717, 1.165) is 31.0 Å². The van der Waals surface area contributed by atoms with Crippen LogP contribution in [0.4, 0.5) is 32.0 Å². The van der Waals surface area contributed by atoms with Gasteiger partial charge in [-0.05, 0) is 44.9 Å². The van der Waals surface area contributed by atoms with Gasteiger partial charge in [0.2, 0.25) is 0 Å². The number of alkyl halides is 3. The van der Waals surface area contributed by atoms with E-state index in [2.05, 4.69) is 5.10 Å². The summed E-state index contributed by atoms with van der Waals surface area (Å²) in [4.78, 5) is 25.5. The van der Waals surface area contributed by atoms with E-state index in [9.17, 15) is 31.5 Å². The first-order valence-electron chi connectivity index (χ1n) is 10.4. The van der Waals surface area contributed by atoms with Crippen LogP contribution >= 0.6 is 0 Å². The average Bonchev–Trinajstić information content (AvgIpc) is 3.54. The smallest absolute Gasteiger partial charge is 0.425 e. The number of amides is 1. The van der Waals surface area contributed by atoms with Crippen molar-refractivity contribution in [3.05, 3.63) is 69.7 Å². The van der Waals surface area contributed by atoms with Crippen molar-refractivity contribution in [1.29, 1.82) is 0 Å². The van der Waals surface area contributed by atoms with Crippen molar-refractivity contribution in [3.63, 3.8) is 0 Å². The fourth-order valence-corrected chi connectivity index (χ4v) is 3.40. The molecule has 0 radical (unpaired) electrons. The fraction of sp³-hybridized carbons (Fsp3) is 0.318. The Morgan fingerprint density at radius 1 is 1.14 bits per heavy atom. The molecule has 1 N–H and O–H groups in total. The van der Waals surface area contributed by atoms with E-state index in [0.29, 0.717) is 23.7 Å². The van der Waals surface area contributed by atoms with Crippen molar-refractivity contribution in [2.75, 3.05) is 5.32 Å². The molecule has 0 saturated heterocycles. The van der Waals surface area contributed by atoms with Crippen LogP contribution in [0.5, 0.6) is 5.75 Å². The first kappa shape index (κ1) is 24.4. The number of carbonyl (C=O) groups excluding carboxylic acids is 1. The monoisotopic (exact) mass is 500 g/mol. The van der Waals surface area contributed by atoms with E-state index in [-0.39, 0.29) is 11.9 Å². The lowest BCUT2D eigenvalue weighted by Gasteiger charge is -2.20. The molecule has 1 aromatic heterocycles. The van der Waals surface area contributed by atoms with Crippen molar-refractivity contribution >= 4 is 11.6 Å². The second kappa shape index (κ2) is 8.78. The van der Waals surface area contributed by atoms with Gasteiger partial charge in [-0.1, -0.05) is 0 Å². The maximum atomic E-state index is 15.1. The topological polar surface area (TPSA) is 78.2 Å². The number of hydrogen-bond acceptors (Lipinski definition) is 4. The van der Waals surface area contributed by atoms with E-state index in [1.165, 1.54) is 11.5 Å². The third kappa shape index (κ3) is 4.88. The van der Waals surface area contributed by atoms with Gasteiger partial charge in [-0.15, -0.1) is 0 Å². The van der Waals surface area contributed by atoms with Crippen molar-refractivity contribution in [2.45, 2.75) is 45.0 Å². The van der Waals surface area contributed by atoms with Crippen molar-refractivity contribution < 1.29 is 35.9 Å². The lowest BCUT2D eigenvalue weighted by molar-refractivity contribution is -0.189. The summed E-state index contributed by atoms with van der Waals surface area (Å²) in [6.45, 7) is 2.19. The van der Waals surface area contributed by atoms with Gasteiger partial charge in [0.15, 0.2) is 6.10 Å². The van der Waals surface area contributed by atoms with E-state index in [4.69, 9.17) is 4.74 Å². The minimum Gasteiger partial charge on any atom is -0.480 e. The Bertz CT molecular complexity index is 1360. The Hall–Kier alpha value is -3.77. The Morgan fingerprint density at radius 3 is 2.43 bits per heavy atom. The summed E-state index contributed by atoms with van der Waals surface area (Å²) in [7, 11) is 0. The van der Waals surface area contributed by atoms with Crippen LogP contribution in [0.1, 0.15) is 42.0 Å². The van der Waals surface area contributed by atoms with Crippen molar-refractivity contribution in [2.24, 2.45) is 0 Å². The Balaban J connectivity index is 1.79. The molecule has 0 aliphatic heterocycles. The number of ether oxygens (including phenoxy) is 1. The van der Waals surface area contributed by atoms with Gasteiger partial charge in [0, 0.05) is 18.2 Å². The second-order valence-corrected chi connectivity index (χ2v) is 8.02. The van der Waals surface area contributed by atoms with Crippen LogP contribution in [0.15, 0.2) is 35.1 Å². The lowest BCUT2D eigenvalue weighted by Crippen LogP contribution is -2.32. The molecule has 1 fully saturated rings. The number of aryl methyl sites for hydroxylation is 1. The number of nitrogens with zero attached hydrogens (tertiary/aromatic N) is 3. The maximum absolute atomic E-state index is 15.1. The molecule has 186 valence electrons. The van der Waals surface area contributed by atoms with Crippen molar-refractivity contribution in [1.82, 2.24) is 14.3 Å². The molecule has 7 nitrogen and oxygen atoms in total. The molecular weight excluding hydrogens is 482 g/mol. The Labute approximate surface area is 193 Å². The average molecular weight is 500 g/mol. The molecule has 3 aromatic rings. The van der Waals surface area contributed by atoms with Crippen LogP contribution < -0.4 is 15.7 Å². The van der Waals surface area contributed by atoms with Crippen LogP contribution in [0.3, 0.4) is 0 Å². The quantitative estimate of drug-likeness (QED) is 0.499. The van der Waals surface area contributed by atoms with Gasteiger partial charge in [-0.25, -0.2) is 18.0 Å². The summed E-state index contributed by atoms with van der Waals surface area (Å²) in [5.41, 5.74) is -2.45. The van der Waals surface area contributed by atoms with Crippen LogP contribution in [0.25, 0.3) is 5.69 Å². The highest BCUT2D eigenvalue weighted by Crippen LogP contribution is 2.35. The summed E-state index contributed by atoms with van der Waals surface area (Å²) in [6.07, 6.45) is -5.80. The Morgan fingerprint density at radius 2 is 1.83 bits per heavy atom. The SMILES string of the molecule is Cc1nn(-c2cc(O[C@@H](C)C(F)(F)F)c(C(=O)Nc3ccc(F)cc3F)cc2F)c(=O)n1C1CC1. The molecular formula is C22H18F6N4O3. The molecule has 0 bridgehead atoms. The fourth-order valence-electron chi connectivity index (χ4n) is 3.40. The standard InChI is InChI=1S/C22H18F6N4O3/c1-10(22(26,27)28)35-19-9-18(32-21(34)31(11(2)30-32)13-4-5-13)16(25)8-14(19)20(33)29-17-6-3-12(23)7-15(17)24/h3,6-10,13H,4-5H2,1-2H3,(H,29,33)/t10-/m0/s1. The summed E-state index contributed by atoms with van der Waals surface area (Å²) in [6, 6.07) is 3.42. The van der Waals surface area contributed by atoms with Gasteiger partial charge >= 0.3 is 11.9 Å². The molecule has 1 aliphatic rings. The molecule has 1 saturated carbocycles. The number of aromatic nitrogens is 3. The molecule has 2 aromatic carbocycles. The van der Waals surface area contributed by atoms with E-state index in [1.807, 2.05) is 5.32 Å². The Kier molecular flexibility index (Phi) is 6.11. The summed E-state index contributed by atoms with van der Waals surface area (Å²) in [5, 5.41) is 6.04. The first-order valence-corrected chi connectivity index (χ1v) is 10.4. The molecule has 35 heavy (non-hydrogen) atoms. The molecule has 1 heterocycles. The van der Waals surface area contributed by atoms with Crippen LogP contribution in [-0.2, 0) is 0 Å². The molecule has 13 heteroatoms. The van der Waals surface area contributed by atoms with Gasteiger partial charge in [0.25, 0.3) is 5.91 Å². The van der Waals surface area contributed by atoms with Crippen LogP contribution in [0, 0.1) is 24.4 Å². The number of nitrogens with one attached hydrogen (secondary N) is 1. The summed E-state index contributed by atoms with van der Waals surface area (Å²) < 4.78 is 88.6. The molecule has 1 atom stereocenters. The van der Waals surface area contributed by atoms with Gasteiger partial charge < -0.3 is 10.1 Å². The second-order valence-electron chi connectivity index (χ2n) is 8.02. The number of benzene rings is 2. The molecule has 0 spiro atoms. The molecule has 4 rings (SSSR count). The largest absolute Gasteiger partial charge is 0.480 e. The maximum Gasteiger partial charge on any atom is 0.425 e. The number of hydrogen-bond donors (Lipinski definition) is 1. The zero-order valence-electron chi connectivity index (χ0n) is 18.3. The van der Waals surface area contributed by atoms with Gasteiger partial charge in [-0.2, -0.15) is 23.0 Å². The zero-order chi connectivity index (χ0) is 25.7. The van der Waals surface area contributed by atoms with Gasteiger partial charge in [-0.3, -0.25) is 9.36 Å². The third-order valence-electron chi connectivity index (χ3n) is 5.36. The van der Waals surface area contributed by atoms with Crippen molar-refractivity contribution in [3.8, 4) is 11.4 Å². The van der Waals surface area contributed by atoms with E-state index in [1.54, 1.807) is 0 Å². The lowest BCUT2D eigenvalue weighted by atomic mass is 10.1. The van der Waals surface area contributed by atoms with Crippen LogP contribution in [-0.4, -0.2) is 32.5 Å². The van der Waals surface area contributed by atoms with E-state index < -0.39 is 64.0 Å². The highest BCUT2D eigenvalue weighted by molar-refractivity contribution is 6.06. The minimum absolute atomic E-state index is 0.101. The molecule has 0 unspecified atom stereocenters. The minimum atomic E-state index is -4.84. The number of halogens is 6. The number of carbonyl (C=O) groups is 1. The predicted molar refractivity (Wildman–Crippen MR) is 111 cm³/mol. The molecule has 1 amide bonds. The number of anilines is 1. The predicted octanol–water partition coefficient (Wildman–Crippen LogP) is 4.68. The van der Waals surface area contributed by atoms with E-state index >= 15 is 4.39 Å². The van der Waals surface area contributed by atoms with Gasteiger partial charge in [0.05, 0.1) is 11.3 Å².